The van der Waals surface area contributed by atoms with Crippen molar-refractivity contribution < 1.29 is 13.2 Å². The van der Waals surface area contributed by atoms with Crippen LogP contribution in [0.25, 0.3) is 0 Å². The van der Waals surface area contributed by atoms with E-state index in [0.717, 1.165) is 25.9 Å². The minimum Gasteiger partial charge on any atom is -0.472 e. The maximum Gasteiger partial charge on any atom is 0.286 e. The molecule has 3 rings (SSSR count). The third-order valence-electron chi connectivity index (χ3n) is 3.13. The first-order chi connectivity index (χ1) is 8.67. The average molecular weight is 266 g/mol. The number of sulfonamides is 1. The Labute approximate surface area is 106 Å². The molecule has 2 heterocycles. The van der Waals surface area contributed by atoms with Crippen molar-refractivity contribution in [3.05, 3.63) is 29.8 Å². The SMILES string of the molecule is O=S1(=O)N=C(O[C@@H]2CCCNC2)c2ccccc21. The second-order valence-electron chi connectivity index (χ2n) is 4.45. The molecule has 0 unspecified atom stereocenters. The molecule has 0 spiro atoms. The molecule has 96 valence electrons. The van der Waals surface area contributed by atoms with Gasteiger partial charge in [-0.25, -0.2) is 0 Å². The lowest BCUT2D eigenvalue weighted by molar-refractivity contribution is 0.156. The van der Waals surface area contributed by atoms with Gasteiger partial charge >= 0.3 is 0 Å². The summed E-state index contributed by atoms with van der Waals surface area (Å²) in [6.07, 6.45) is 1.96. The number of nitrogens with one attached hydrogen (secondary N) is 1. The predicted molar refractivity (Wildman–Crippen MR) is 67.1 cm³/mol. The maximum atomic E-state index is 11.8. The maximum absolute atomic E-state index is 11.8. The molecule has 0 bridgehead atoms. The van der Waals surface area contributed by atoms with Gasteiger partial charge in [0.05, 0.1) is 5.56 Å². The number of ether oxygens (including phenoxy) is 1. The molecule has 0 amide bonds. The van der Waals surface area contributed by atoms with Crippen LogP contribution in [0, 0.1) is 0 Å². The summed E-state index contributed by atoms with van der Waals surface area (Å²) in [5.74, 6) is 0.235. The van der Waals surface area contributed by atoms with Crippen molar-refractivity contribution in [3.8, 4) is 0 Å². The van der Waals surface area contributed by atoms with Gasteiger partial charge in [0.25, 0.3) is 10.0 Å². The van der Waals surface area contributed by atoms with Crippen LogP contribution < -0.4 is 5.32 Å². The fraction of sp³-hybridized carbons (Fsp3) is 0.417. The molecule has 5 nitrogen and oxygen atoms in total. The average Bonchev–Trinajstić information content (AvgIpc) is 2.63. The lowest BCUT2D eigenvalue weighted by Crippen LogP contribution is -2.36. The second kappa shape index (κ2) is 4.37. The normalized spacial score (nSPS) is 25.3. The standard InChI is InChI=1S/C12H14N2O3S/c15-18(16)11-6-2-1-5-10(11)12(14-18)17-9-4-3-7-13-8-9/h1-2,5-6,9,13H,3-4,7-8H2/t9-/m1/s1. The molecule has 1 aromatic rings. The van der Waals surface area contributed by atoms with Crippen molar-refractivity contribution in [3.63, 3.8) is 0 Å². The van der Waals surface area contributed by atoms with Gasteiger partial charge in [-0.05, 0) is 31.5 Å². The van der Waals surface area contributed by atoms with Crippen molar-refractivity contribution in [2.24, 2.45) is 4.40 Å². The van der Waals surface area contributed by atoms with E-state index in [1.807, 2.05) is 0 Å². The van der Waals surface area contributed by atoms with Gasteiger partial charge in [-0.2, -0.15) is 8.42 Å². The summed E-state index contributed by atoms with van der Waals surface area (Å²) in [4.78, 5) is 0.240. The highest BCUT2D eigenvalue weighted by Gasteiger charge is 2.31. The zero-order valence-electron chi connectivity index (χ0n) is 9.80. The van der Waals surface area contributed by atoms with Crippen LogP contribution in [0.4, 0.5) is 0 Å². The molecule has 2 aliphatic rings. The van der Waals surface area contributed by atoms with Crippen LogP contribution in [-0.4, -0.2) is 33.5 Å². The molecule has 0 radical (unpaired) electrons. The van der Waals surface area contributed by atoms with E-state index in [9.17, 15) is 8.42 Å². The fourth-order valence-electron chi connectivity index (χ4n) is 2.24. The van der Waals surface area contributed by atoms with Crippen LogP contribution >= 0.6 is 0 Å². The van der Waals surface area contributed by atoms with Crippen LogP contribution in [0.1, 0.15) is 18.4 Å². The molecular formula is C12H14N2O3S. The van der Waals surface area contributed by atoms with Gasteiger partial charge in [-0.15, -0.1) is 4.40 Å². The first-order valence-electron chi connectivity index (χ1n) is 5.98. The van der Waals surface area contributed by atoms with E-state index in [1.165, 1.54) is 0 Å². The number of hydrogen-bond acceptors (Lipinski definition) is 4. The van der Waals surface area contributed by atoms with E-state index in [4.69, 9.17) is 4.74 Å². The number of fused-ring (bicyclic) bond motifs is 1. The Morgan fingerprint density at radius 1 is 1.33 bits per heavy atom. The lowest BCUT2D eigenvalue weighted by atomic mass is 10.1. The molecular weight excluding hydrogens is 252 g/mol. The first-order valence-corrected chi connectivity index (χ1v) is 7.42. The van der Waals surface area contributed by atoms with E-state index >= 15 is 0 Å². The molecule has 1 saturated heterocycles. The second-order valence-corrected chi connectivity index (χ2v) is 6.03. The molecule has 1 atom stereocenters. The summed E-state index contributed by atoms with van der Waals surface area (Å²) < 4.78 is 33.1. The molecule has 1 fully saturated rings. The van der Waals surface area contributed by atoms with Crippen molar-refractivity contribution in [2.45, 2.75) is 23.8 Å². The van der Waals surface area contributed by atoms with E-state index in [2.05, 4.69) is 9.71 Å². The molecule has 6 heteroatoms. The van der Waals surface area contributed by atoms with Gasteiger partial charge < -0.3 is 10.1 Å². The largest absolute Gasteiger partial charge is 0.472 e. The van der Waals surface area contributed by atoms with E-state index in [-0.39, 0.29) is 16.9 Å². The molecule has 1 aromatic carbocycles. The van der Waals surface area contributed by atoms with Crippen molar-refractivity contribution >= 4 is 15.9 Å². The van der Waals surface area contributed by atoms with Crippen molar-refractivity contribution in [1.82, 2.24) is 5.32 Å². The lowest BCUT2D eigenvalue weighted by Gasteiger charge is -2.23. The van der Waals surface area contributed by atoms with Gasteiger partial charge in [-0.3, -0.25) is 0 Å². The molecule has 1 N–H and O–H groups in total. The summed E-state index contributed by atoms with van der Waals surface area (Å²) in [6.45, 7) is 1.72. The summed E-state index contributed by atoms with van der Waals surface area (Å²) in [5.41, 5.74) is 0.572. The monoisotopic (exact) mass is 266 g/mol. The highest BCUT2D eigenvalue weighted by Crippen LogP contribution is 2.27. The van der Waals surface area contributed by atoms with Crippen LogP contribution in [0.3, 0.4) is 0 Å². The Bertz CT molecular complexity index is 589. The molecule has 2 aliphatic heterocycles. The number of nitrogens with zero attached hydrogens (tertiary/aromatic N) is 1. The van der Waals surface area contributed by atoms with E-state index < -0.39 is 10.0 Å². The Balaban J connectivity index is 1.89. The molecule has 0 aromatic heterocycles. The van der Waals surface area contributed by atoms with Crippen molar-refractivity contribution in [1.29, 1.82) is 0 Å². The zero-order valence-corrected chi connectivity index (χ0v) is 10.6. The van der Waals surface area contributed by atoms with Gasteiger partial charge in [0.2, 0.25) is 5.90 Å². The van der Waals surface area contributed by atoms with Crippen LogP contribution in [-0.2, 0) is 14.8 Å². The quantitative estimate of drug-likeness (QED) is 0.820. The number of rotatable bonds is 1. The smallest absolute Gasteiger partial charge is 0.286 e. The summed E-state index contributed by atoms with van der Waals surface area (Å²) >= 11 is 0. The number of benzene rings is 1. The van der Waals surface area contributed by atoms with Crippen LogP contribution in [0.15, 0.2) is 33.6 Å². The number of hydrogen-bond donors (Lipinski definition) is 1. The summed E-state index contributed by atoms with van der Waals surface area (Å²) in [7, 11) is -3.56. The highest BCUT2D eigenvalue weighted by molar-refractivity contribution is 7.90. The Morgan fingerprint density at radius 3 is 2.94 bits per heavy atom. The van der Waals surface area contributed by atoms with Crippen LogP contribution in [0.2, 0.25) is 0 Å². The number of piperidine rings is 1. The molecule has 0 aliphatic carbocycles. The van der Waals surface area contributed by atoms with Gasteiger partial charge in [0, 0.05) is 6.54 Å². The van der Waals surface area contributed by atoms with Gasteiger partial charge in [-0.1, -0.05) is 12.1 Å². The Kier molecular flexibility index (Phi) is 2.83. The first kappa shape index (κ1) is 11.7. The van der Waals surface area contributed by atoms with E-state index in [0.29, 0.717) is 5.56 Å². The Hall–Kier alpha value is -1.40. The van der Waals surface area contributed by atoms with Gasteiger partial charge in [0.1, 0.15) is 11.0 Å². The highest BCUT2D eigenvalue weighted by atomic mass is 32.2. The zero-order chi connectivity index (χ0) is 12.6. The molecule has 0 saturated carbocycles. The topological polar surface area (TPSA) is 67.8 Å². The van der Waals surface area contributed by atoms with E-state index in [1.54, 1.807) is 24.3 Å². The third kappa shape index (κ3) is 2.02. The summed E-state index contributed by atoms with van der Waals surface area (Å²) in [6, 6.07) is 6.77. The van der Waals surface area contributed by atoms with Gasteiger partial charge in [0.15, 0.2) is 0 Å². The third-order valence-corrected chi connectivity index (χ3v) is 4.45. The van der Waals surface area contributed by atoms with Crippen molar-refractivity contribution in [2.75, 3.05) is 13.1 Å². The summed E-state index contributed by atoms with van der Waals surface area (Å²) in [5, 5.41) is 3.22. The minimum atomic E-state index is -3.56. The minimum absolute atomic E-state index is 0.00106. The predicted octanol–water partition coefficient (Wildman–Crippen LogP) is 0.904. The van der Waals surface area contributed by atoms with Crippen LogP contribution in [0.5, 0.6) is 0 Å². The Morgan fingerprint density at radius 2 is 2.17 bits per heavy atom. The fourth-order valence-corrected chi connectivity index (χ4v) is 3.38. The molecule has 18 heavy (non-hydrogen) atoms.